The molecule has 0 aliphatic rings. The Balaban J connectivity index is 2.39. The van der Waals surface area contributed by atoms with Crippen molar-refractivity contribution in [2.45, 2.75) is 13.3 Å². The highest BCUT2D eigenvalue weighted by molar-refractivity contribution is 6.33. The SMILES string of the molecule is CCCOc1ccccc1-c1ccc(N)c(Cl)c1. The summed E-state index contributed by atoms with van der Waals surface area (Å²) >= 11 is 6.05. The molecule has 0 spiro atoms. The molecule has 0 bridgehead atoms. The topological polar surface area (TPSA) is 35.2 Å². The highest BCUT2D eigenvalue weighted by atomic mass is 35.5. The van der Waals surface area contributed by atoms with E-state index in [2.05, 4.69) is 6.92 Å². The van der Waals surface area contributed by atoms with Gasteiger partial charge in [-0.2, -0.15) is 0 Å². The van der Waals surface area contributed by atoms with Gasteiger partial charge < -0.3 is 10.5 Å². The lowest BCUT2D eigenvalue weighted by Gasteiger charge is -2.11. The maximum Gasteiger partial charge on any atom is 0.127 e. The van der Waals surface area contributed by atoms with E-state index in [-0.39, 0.29) is 0 Å². The zero-order chi connectivity index (χ0) is 13.0. The molecule has 0 aliphatic heterocycles. The summed E-state index contributed by atoms with van der Waals surface area (Å²) in [7, 11) is 0. The molecule has 2 nitrogen and oxygen atoms in total. The van der Waals surface area contributed by atoms with E-state index in [1.165, 1.54) is 0 Å². The predicted octanol–water partition coefficient (Wildman–Crippen LogP) is 4.38. The van der Waals surface area contributed by atoms with Gasteiger partial charge in [-0.3, -0.25) is 0 Å². The van der Waals surface area contributed by atoms with Gasteiger partial charge in [-0.1, -0.05) is 42.8 Å². The number of nitrogens with two attached hydrogens (primary N) is 1. The Labute approximate surface area is 112 Å². The van der Waals surface area contributed by atoms with Gasteiger partial charge in [0.05, 0.1) is 17.3 Å². The minimum absolute atomic E-state index is 0.567. The van der Waals surface area contributed by atoms with Gasteiger partial charge in [0.2, 0.25) is 0 Å². The summed E-state index contributed by atoms with van der Waals surface area (Å²) in [5, 5.41) is 0.567. The number of nitrogen functional groups attached to an aromatic ring is 1. The third kappa shape index (κ3) is 2.77. The van der Waals surface area contributed by atoms with Crippen LogP contribution in [0, 0.1) is 0 Å². The molecule has 0 radical (unpaired) electrons. The number of para-hydroxylation sites is 1. The van der Waals surface area contributed by atoms with E-state index >= 15 is 0 Å². The van der Waals surface area contributed by atoms with Crippen molar-refractivity contribution in [1.82, 2.24) is 0 Å². The average Bonchev–Trinajstić information content (AvgIpc) is 2.40. The van der Waals surface area contributed by atoms with Gasteiger partial charge in [0.1, 0.15) is 5.75 Å². The van der Waals surface area contributed by atoms with Gasteiger partial charge in [-0.25, -0.2) is 0 Å². The quantitative estimate of drug-likeness (QED) is 0.829. The van der Waals surface area contributed by atoms with Gasteiger partial charge in [0.25, 0.3) is 0 Å². The molecular weight excluding hydrogens is 246 g/mol. The van der Waals surface area contributed by atoms with E-state index in [9.17, 15) is 0 Å². The maximum absolute atomic E-state index is 6.05. The zero-order valence-corrected chi connectivity index (χ0v) is 11.1. The Hall–Kier alpha value is -1.67. The van der Waals surface area contributed by atoms with Crippen LogP contribution in [-0.4, -0.2) is 6.61 Å². The molecule has 0 unspecified atom stereocenters. The Bertz CT molecular complexity index is 540. The Morgan fingerprint density at radius 2 is 1.94 bits per heavy atom. The van der Waals surface area contributed by atoms with Crippen molar-refractivity contribution in [1.29, 1.82) is 0 Å². The lowest BCUT2D eigenvalue weighted by atomic mass is 10.0. The van der Waals surface area contributed by atoms with Crippen LogP contribution in [0.4, 0.5) is 5.69 Å². The third-order valence-corrected chi connectivity index (χ3v) is 2.99. The number of halogens is 1. The molecule has 3 heteroatoms. The largest absolute Gasteiger partial charge is 0.493 e. The molecule has 18 heavy (non-hydrogen) atoms. The summed E-state index contributed by atoms with van der Waals surface area (Å²) in [6.45, 7) is 2.79. The molecule has 0 aliphatic carbocycles. The highest BCUT2D eigenvalue weighted by Gasteiger charge is 2.07. The minimum atomic E-state index is 0.567. The number of hydrogen-bond donors (Lipinski definition) is 1. The smallest absolute Gasteiger partial charge is 0.127 e. The normalized spacial score (nSPS) is 10.3. The summed E-state index contributed by atoms with van der Waals surface area (Å²) in [5.74, 6) is 0.875. The van der Waals surface area contributed by atoms with Gasteiger partial charge in [-0.05, 0) is 30.2 Å². The van der Waals surface area contributed by atoms with Crippen LogP contribution in [0.1, 0.15) is 13.3 Å². The molecule has 0 saturated heterocycles. The second-order valence-electron chi connectivity index (χ2n) is 4.08. The fourth-order valence-corrected chi connectivity index (χ4v) is 1.92. The lowest BCUT2D eigenvalue weighted by Crippen LogP contribution is -1.97. The first-order chi connectivity index (χ1) is 8.72. The van der Waals surface area contributed by atoms with Gasteiger partial charge in [0.15, 0.2) is 0 Å². The maximum atomic E-state index is 6.05. The van der Waals surface area contributed by atoms with Crippen LogP contribution in [0.2, 0.25) is 5.02 Å². The summed E-state index contributed by atoms with van der Waals surface area (Å²) in [4.78, 5) is 0. The van der Waals surface area contributed by atoms with Crippen LogP contribution < -0.4 is 10.5 Å². The first kappa shape index (κ1) is 12.8. The van der Waals surface area contributed by atoms with E-state index in [0.717, 1.165) is 23.3 Å². The second kappa shape index (κ2) is 5.78. The van der Waals surface area contributed by atoms with Crippen molar-refractivity contribution in [3.05, 3.63) is 47.5 Å². The molecule has 2 aromatic carbocycles. The van der Waals surface area contributed by atoms with E-state index in [4.69, 9.17) is 22.1 Å². The molecule has 0 atom stereocenters. The van der Waals surface area contributed by atoms with Crippen molar-refractivity contribution in [3.63, 3.8) is 0 Å². The molecule has 0 fully saturated rings. The number of hydrogen-bond acceptors (Lipinski definition) is 2. The van der Waals surface area contributed by atoms with Crippen molar-refractivity contribution in [3.8, 4) is 16.9 Å². The molecule has 2 N–H and O–H groups in total. The van der Waals surface area contributed by atoms with Crippen molar-refractivity contribution < 1.29 is 4.74 Å². The van der Waals surface area contributed by atoms with Gasteiger partial charge in [-0.15, -0.1) is 0 Å². The number of ether oxygens (including phenoxy) is 1. The van der Waals surface area contributed by atoms with E-state index in [1.807, 2.05) is 42.5 Å². The lowest BCUT2D eigenvalue weighted by molar-refractivity contribution is 0.318. The summed E-state index contributed by atoms with van der Waals surface area (Å²) < 4.78 is 5.74. The standard InChI is InChI=1S/C15H16ClNO/c1-2-9-18-15-6-4-3-5-12(15)11-7-8-14(17)13(16)10-11/h3-8,10H,2,9,17H2,1H3. The van der Waals surface area contributed by atoms with Crippen LogP contribution >= 0.6 is 11.6 Å². The molecule has 2 rings (SSSR count). The van der Waals surface area contributed by atoms with Crippen LogP contribution in [0.15, 0.2) is 42.5 Å². The number of benzene rings is 2. The monoisotopic (exact) mass is 261 g/mol. The molecular formula is C15H16ClNO. The Kier molecular flexibility index (Phi) is 4.11. The highest BCUT2D eigenvalue weighted by Crippen LogP contribution is 2.33. The van der Waals surface area contributed by atoms with Crippen molar-refractivity contribution >= 4 is 17.3 Å². The summed E-state index contributed by atoms with van der Waals surface area (Å²) in [5.41, 5.74) is 8.36. The average molecular weight is 262 g/mol. The van der Waals surface area contributed by atoms with Crippen LogP contribution in [-0.2, 0) is 0 Å². The number of rotatable bonds is 4. The predicted molar refractivity (Wildman–Crippen MR) is 77.1 cm³/mol. The summed E-state index contributed by atoms with van der Waals surface area (Å²) in [6, 6.07) is 13.6. The molecule has 0 aromatic heterocycles. The van der Waals surface area contributed by atoms with Crippen LogP contribution in [0.25, 0.3) is 11.1 Å². The molecule has 2 aromatic rings. The fraction of sp³-hybridized carbons (Fsp3) is 0.200. The van der Waals surface area contributed by atoms with Crippen LogP contribution in [0.5, 0.6) is 5.75 Å². The molecule has 0 heterocycles. The Morgan fingerprint density at radius 3 is 2.67 bits per heavy atom. The van der Waals surface area contributed by atoms with Crippen molar-refractivity contribution in [2.75, 3.05) is 12.3 Å². The molecule has 0 amide bonds. The molecule has 0 saturated carbocycles. The minimum Gasteiger partial charge on any atom is -0.493 e. The molecule has 94 valence electrons. The van der Waals surface area contributed by atoms with Gasteiger partial charge >= 0.3 is 0 Å². The van der Waals surface area contributed by atoms with Gasteiger partial charge in [0, 0.05) is 5.56 Å². The van der Waals surface area contributed by atoms with E-state index in [0.29, 0.717) is 17.3 Å². The first-order valence-electron chi connectivity index (χ1n) is 5.99. The fourth-order valence-electron chi connectivity index (χ4n) is 1.74. The summed E-state index contributed by atoms with van der Waals surface area (Å²) in [6.07, 6.45) is 0.983. The van der Waals surface area contributed by atoms with Crippen LogP contribution in [0.3, 0.4) is 0 Å². The first-order valence-corrected chi connectivity index (χ1v) is 6.37. The van der Waals surface area contributed by atoms with E-state index < -0.39 is 0 Å². The second-order valence-corrected chi connectivity index (χ2v) is 4.49. The Morgan fingerprint density at radius 1 is 1.17 bits per heavy atom. The van der Waals surface area contributed by atoms with Crippen molar-refractivity contribution in [2.24, 2.45) is 0 Å². The third-order valence-electron chi connectivity index (χ3n) is 2.66. The zero-order valence-electron chi connectivity index (χ0n) is 10.3. The van der Waals surface area contributed by atoms with E-state index in [1.54, 1.807) is 0 Å². The number of anilines is 1.